The molecule has 9 heteroatoms. The first-order chi connectivity index (χ1) is 23.2. The van der Waals surface area contributed by atoms with Gasteiger partial charge in [-0.2, -0.15) is 0 Å². The highest BCUT2D eigenvalue weighted by atomic mass is 35.5. The van der Waals surface area contributed by atoms with Crippen LogP contribution >= 0.6 is 11.6 Å². The summed E-state index contributed by atoms with van der Waals surface area (Å²) >= 11 is 6.08. The number of halogens is 2. The number of benzene rings is 4. The molecule has 1 heterocycles. The molecule has 4 aromatic carbocycles. The Morgan fingerprint density at radius 2 is 1.65 bits per heavy atom. The molecule has 1 unspecified atom stereocenters. The van der Waals surface area contributed by atoms with Crippen molar-refractivity contribution in [3.8, 4) is 11.1 Å². The van der Waals surface area contributed by atoms with Crippen LogP contribution in [0.1, 0.15) is 31.2 Å². The largest absolute Gasteiger partial charge is 0.369 e. The maximum atomic E-state index is 14.7. The van der Waals surface area contributed by atoms with Gasteiger partial charge in [-0.25, -0.2) is 4.39 Å². The van der Waals surface area contributed by atoms with E-state index in [4.69, 9.17) is 17.3 Å². The summed E-state index contributed by atoms with van der Waals surface area (Å²) in [4.78, 5) is 45.1. The Morgan fingerprint density at radius 3 is 2.33 bits per heavy atom. The van der Waals surface area contributed by atoms with Gasteiger partial charge in [-0.3, -0.25) is 14.4 Å². The lowest BCUT2D eigenvalue weighted by atomic mass is 9.84. The Hall–Kier alpha value is -4.95. The minimum absolute atomic E-state index is 0.0285. The molecular formula is C39H38ClFN4O3. The van der Waals surface area contributed by atoms with Gasteiger partial charge in [0, 0.05) is 5.69 Å². The molecule has 0 saturated heterocycles. The van der Waals surface area contributed by atoms with Gasteiger partial charge in [0.2, 0.25) is 11.8 Å². The molecule has 3 N–H and O–H groups in total. The van der Waals surface area contributed by atoms with Crippen LogP contribution in [0.2, 0.25) is 5.02 Å². The third-order valence-electron chi connectivity index (χ3n) is 9.19. The van der Waals surface area contributed by atoms with Crippen LogP contribution in [0.25, 0.3) is 11.1 Å². The predicted molar refractivity (Wildman–Crippen MR) is 188 cm³/mol. The van der Waals surface area contributed by atoms with Crippen molar-refractivity contribution in [2.75, 3.05) is 16.3 Å². The molecule has 246 valence electrons. The first kappa shape index (κ1) is 33.0. The first-order valence-corrected chi connectivity index (χ1v) is 16.6. The van der Waals surface area contributed by atoms with Gasteiger partial charge < -0.3 is 20.9 Å². The van der Waals surface area contributed by atoms with Crippen LogP contribution in [0.5, 0.6) is 0 Å². The Balaban J connectivity index is 1.38. The fourth-order valence-electron chi connectivity index (χ4n) is 6.52. The van der Waals surface area contributed by atoms with Crippen LogP contribution < -0.4 is 20.9 Å². The molecule has 3 amide bonds. The number of anilines is 3. The van der Waals surface area contributed by atoms with Gasteiger partial charge >= 0.3 is 0 Å². The number of fused-ring (bicyclic) bond motifs is 1. The van der Waals surface area contributed by atoms with Crippen molar-refractivity contribution >= 4 is 46.4 Å². The lowest BCUT2D eigenvalue weighted by Crippen LogP contribution is -2.54. The minimum atomic E-state index is -0.942. The fourth-order valence-corrected chi connectivity index (χ4v) is 6.70. The van der Waals surface area contributed by atoms with Crippen molar-refractivity contribution in [2.24, 2.45) is 23.5 Å². The van der Waals surface area contributed by atoms with Crippen LogP contribution in [0, 0.1) is 23.6 Å². The second-order valence-corrected chi connectivity index (χ2v) is 13.0. The highest BCUT2D eigenvalue weighted by Gasteiger charge is 2.40. The van der Waals surface area contributed by atoms with Gasteiger partial charge in [0.25, 0.3) is 5.91 Å². The van der Waals surface area contributed by atoms with E-state index in [0.29, 0.717) is 18.0 Å². The van der Waals surface area contributed by atoms with Crippen LogP contribution in [0.3, 0.4) is 0 Å². The number of amides is 3. The van der Waals surface area contributed by atoms with Crippen molar-refractivity contribution in [3.05, 3.63) is 126 Å². The number of hydrogen-bond donors (Lipinski definition) is 2. The fraction of sp³-hybridized carbons (Fsp3) is 0.256. The number of primary amides is 1. The second kappa shape index (κ2) is 14.4. The lowest BCUT2D eigenvalue weighted by Gasteiger charge is -2.29. The maximum Gasteiger partial charge on any atom is 0.251 e. The summed E-state index contributed by atoms with van der Waals surface area (Å²) in [5, 5.41) is 3.10. The molecular weight excluding hydrogens is 627 g/mol. The molecule has 2 aliphatic rings. The van der Waals surface area contributed by atoms with E-state index in [-0.39, 0.29) is 36.3 Å². The summed E-state index contributed by atoms with van der Waals surface area (Å²) in [5.41, 5.74) is 10.6. The van der Waals surface area contributed by atoms with E-state index in [1.165, 1.54) is 6.07 Å². The molecule has 0 radical (unpaired) electrons. The summed E-state index contributed by atoms with van der Waals surface area (Å²) in [5.74, 6) is -2.74. The van der Waals surface area contributed by atoms with Crippen LogP contribution in [0.15, 0.2) is 110 Å². The van der Waals surface area contributed by atoms with E-state index in [2.05, 4.69) is 11.9 Å². The lowest BCUT2D eigenvalue weighted by molar-refractivity contribution is -0.135. The summed E-state index contributed by atoms with van der Waals surface area (Å²) in [6.07, 6.45) is 4.42. The quantitative estimate of drug-likeness (QED) is 0.154. The smallest absolute Gasteiger partial charge is 0.251 e. The van der Waals surface area contributed by atoms with Crippen molar-refractivity contribution in [1.82, 2.24) is 5.32 Å². The molecule has 4 aromatic rings. The number of allylic oxidation sites excluding steroid dienone is 1. The number of nitrogens with zero attached hydrogens (tertiary/aromatic N) is 2. The van der Waals surface area contributed by atoms with Crippen molar-refractivity contribution in [2.45, 2.75) is 38.3 Å². The third-order valence-corrected chi connectivity index (χ3v) is 9.48. The topological polar surface area (TPSA) is 95.7 Å². The molecule has 1 aliphatic heterocycles. The Labute approximate surface area is 285 Å². The van der Waals surface area contributed by atoms with Gasteiger partial charge in [0.1, 0.15) is 11.9 Å². The summed E-state index contributed by atoms with van der Waals surface area (Å²) < 4.78 is 13.9. The number of nitrogens with one attached hydrogen (secondary N) is 1. The molecule has 7 nitrogen and oxygen atoms in total. The third kappa shape index (κ3) is 7.29. The van der Waals surface area contributed by atoms with Gasteiger partial charge in [-0.15, -0.1) is 6.58 Å². The van der Waals surface area contributed by atoms with Gasteiger partial charge in [-0.1, -0.05) is 85.1 Å². The van der Waals surface area contributed by atoms with Crippen molar-refractivity contribution < 1.29 is 18.8 Å². The number of carbonyl (C=O) groups is 3. The van der Waals surface area contributed by atoms with E-state index in [1.807, 2.05) is 83.8 Å². The second-order valence-electron chi connectivity index (χ2n) is 12.6. The zero-order valence-corrected chi connectivity index (χ0v) is 27.3. The summed E-state index contributed by atoms with van der Waals surface area (Å²) in [6.45, 7) is 4.16. The normalized spacial score (nSPS) is 17.2. The van der Waals surface area contributed by atoms with E-state index in [1.54, 1.807) is 23.1 Å². The van der Waals surface area contributed by atoms with Crippen LogP contribution in [-0.4, -0.2) is 30.3 Å². The molecule has 0 bridgehead atoms. The van der Waals surface area contributed by atoms with Crippen molar-refractivity contribution in [1.29, 1.82) is 0 Å². The SMILES string of the molecule is C=CC[C@H](C(N)=O)[C@@H](CC1CC1)C(=O)NC1CN(c2ccccc2)c2ccccc2N(Cc2cccc(-c3ccc(F)c(Cl)c3)c2)C1=O. The summed E-state index contributed by atoms with van der Waals surface area (Å²) in [6, 6.07) is 28.7. The molecule has 1 saturated carbocycles. The predicted octanol–water partition coefficient (Wildman–Crippen LogP) is 7.41. The Morgan fingerprint density at radius 1 is 0.938 bits per heavy atom. The monoisotopic (exact) mass is 664 g/mol. The van der Waals surface area contributed by atoms with E-state index >= 15 is 0 Å². The minimum Gasteiger partial charge on any atom is -0.369 e. The van der Waals surface area contributed by atoms with Gasteiger partial charge in [0.15, 0.2) is 0 Å². The standard InChI is InChI=1S/C39H38ClFN4O3/c1-2-9-30(37(42)46)31(21-25-16-17-25)38(47)43-34-24-44(29-12-4-3-5-13-29)35-14-6-7-15-36(35)45(39(34)48)23-26-10-8-11-27(20-26)28-18-19-33(41)32(40)22-28/h2-8,10-15,18-20,22,25,30-31,34H,1,9,16-17,21,23-24H2,(H2,42,46)(H,43,47)/t30-,31+,34?/m0/s1. The zero-order chi connectivity index (χ0) is 33.8. The average molecular weight is 665 g/mol. The molecule has 1 aliphatic carbocycles. The Bertz CT molecular complexity index is 1830. The number of nitrogens with two attached hydrogens (primary N) is 1. The first-order valence-electron chi connectivity index (χ1n) is 16.2. The highest BCUT2D eigenvalue weighted by Crippen LogP contribution is 2.40. The number of carbonyl (C=O) groups excluding carboxylic acids is 3. The van der Waals surface area contributed by atoms with Gasteiger partial charge in [0.05, 0.1) is 41.3 Å². The molecule has 0 spiro atoms. The van der Waals surface area contributed by atoms with E-state index in [0.717, 1.165) is 40.9 Å². The van der Waals surface area contributed by atoms with Crippen LogP contribution in [0.4, 0.5) is 21.5 Å². The van der Waals surface area contributed by atoms with Crippen LogP contribution in [-0.2, 0) is 20.9 Å². The molecule has 1 fully saturated rings. The molecule has 48 heavy (non-hydrogen) atoms. The van der Waals surface area contributed by atoms with Gasteiger partial charge in [-0.05, 0) is 77.9 Å². The number of hydrogen-bond acceptors (Lipinski definition) is 4. The highest BCUT2D eigenvalue weighted by molar-refractivity contribution is 6.31. The molecule has 6 rings (SSSR count). The number of para-hydroxylation sites is 3. The summed E-state index contributed by atoms with van der Waals surface area (Å²) in [7, 11) is 0. The maximum absolute atomic E-state index is 14.7. The molecule has 0 aromatic heterocycles. The van der Waals surface area contributed by atoms with E-state index in [9.17, 15) is 18.8 Å². The number of rotatable bonds is 12. The Kier molecular flexibility index (Phi) is 9.92. The van der Waals surface area contributed by atoms with E-state index < -0.39 is 29.6 Å². The molecule has 3 atom stereocenters. The average Bonchev–Trinajstić information content (AvgIpc) is 3.93. The van der Waals surface area contributed by atoms with Crippen molar-refractivity contribution in [3.63, 3.8) is 0 Å². The zero-order valence-electron chi connectivity index (χ0n) is 26.5.